The molecule has 6 atom stereocenters. The number of hydrogen-bond donors (Lipinski definition) is 17. The van der Waals surface area contributed by atoms with Crippen LogP contribution in [0.3, 0.4) is 0 Å². The van der Waals surface area contributed by atoms with E-state index in [2.05, 4.69) is 23.4 Å². The number of nitrogens with zero attached hydrogens (tertiary/aromatic N) is 1. The molecule has 1 aromatic rings. The Kier molecular flexibility index (Phi) is 38.6. The number of nitrogens with two attached hydrogens (primary N) is 8. The normalized spacial score (nSPS) is 12.9. The first-order valence-corrected chi connectivity index (χ1v) is 15.9. The maximum Gasteiger partial charge on any atom is 0.322 e. The van der Waals surface area contributed by atoms with Gasteiger partial charge in [-0.2, -0.15) is 12.6 Å². The van der Waals surface area contributed by atoms with Crippen LogP contribution >= 0.6 is 12.6 Å². The van der Waals surface area contributed by atoms with Gasteiger partial charge in [0.1, 0.15) is 36.0 Å². The molecule has 0 bridgehead atoms. The van der Waals surface area contributed by atoms with Crippen molar-refractivity contribution in [3.05, 3.63) is 29.8 Å². The summed E-state index contributed by atoms with van der Waals surface area (Å²) in [6.45, 7) is 3.39. The highest BCUT2D eigenvalue weighted by Crippen LogP contribution is 2.10. The summed E-state index contributed by atoms with van der Waals surface area (Å²) in [7, 11) is 0. The Morgan fingerprint density at radius 3 is 1.38 bits per heavy atom. The first-order chi connectivity index (χ1) is 24.4. The van der Waals surface area contributed by atoms with Gasteiger partial charge in [-0.25, -0.2) is 0 Å². The van der Waals surface area contributed by atoms with E-state index < -0.39 is 72.6 Å². The number of guanidine groups is 1. The van der Waals surface area contributed by atoms with Gasteiger partial charge in [-0.3, -0.25) is 33.8 Å². The lowest BCUT2D eigenvalue weighted by atomic mass is 10.0. The van der Waals surface area contributed by atoms with Crippen molar-refractivity contribution in [3.63, 3.8) is 0 Å². The topological polar surface area (TPSA) is 485 Å². The smallest absolute Gasteiger partial charge is 0.322 e. The van der Waals surface area contributed by atoms with Gasteiger partial charge in [0.05, 0.1) is 13.2 Å². The molecule has 308 valence electrons. The molecule has 0 radical (unpaired) electrons. The van der Waals surface area contributed by atoms with Gasteiger partial charge in [0.15, 0.2) is 5.96 Å². The number of carbonyl (C=O) groups is 6. The van der Waals surface area contributed by atoms with Crippen LogP contribution in [0, 0.1) is 5.92 Å². The van der Waals surface area contributed by atoms with Gasteiger partial charge in [0.25, 0.3) is 0 Å². The maximum atomic E-state index is 10.4. The van der Waals surface area contributed by atoms with Crippen LogP contribution in [0.25, 0.3) is 0 Å². The van der Waals surface area contributed by atoms with Crippen LogP contribution in [0.1, 0.15) is 38.7 Å². The summed E-state index contributed by atoms with van der Waals surface area (Å²) in [5.41, 5.74) is 41.0. The number of aromatic hydroxyl groups is 1. The molecule has 6 unspecified atom stereocenters. The minimum Gasteiger partial charge on any atom is -0.508 e. The molecule has 0 saturated heterocycles. The molecule has 0 aliphatic heterocycles. The summed E-state index contributed by atoms with van der Waals surface area (Å²) >= 11 is 3.65. The van der Waals surface area contributed by atoms with Crippen LogP contribution < -0.4 is 45.9 Å². The molecule has 0 amide bonds. The third kappa shape index (κ3) is 41.5. The van der Waals surface area contributed by atoms with Crippen LogP contribution in [0.5, 0.6) is 5.75 Å². The molecule has 0 aliphatic rings. The predicted molar refractivity (Wildman–Crippen MR) is 197 cm³/mol. The second-order valence-corrected chi connectivity index (χ2v) is 10.7. The Labute approximate surface area is 311 Å². The lowest BCUT2D eigenvalue weighted by Crippen LogP contribution is -2.36. The van der Waals surface area contributed by atoms with E-state index in [0.29, 0.717) is 19.4 Å². The summed E-state index contributed by atoms with van der Waals surface area (Å²) in [4.78, 5) is 63.1. The second kappa shape index (κ2) is 35.6. The van der Waals surface area contributed by atoms with Gasteiger partial charge in [0.2, 0.25) is 0 Å². The second-order valence-electron chi connectivity index (χ2n) is 10.3. The average molecular weight is 788 g/mol. The molecule has 53 heavy (non-hydrogen) atoms. The summed E-state index contributed by atoms with van der Waals surface area (Å²) in [5.74, 6) is -5.65. The van der Waals surface area contributed by atoms with Crippen molar-refractivity contribution in [2.75, 3.05) is 25.4 Å². The first kappa shape index (κ1) is 57.5. The molecular weight excluding hydrogens is 730 g/mol. The standard InChI is InChI=1S/C9H11NO3.C6H14N4O2.C6H13NO2.C3H7NO3.C3H7NO2S.C2H5NO2/c10-8(9(12)13)5-6-1-3-7(11)4-2-6;7-4(5(11)12)2-1-3-10-6(8)9;1-3-4(2)5(7)6(8)9;4-2(1-5)3(6)7;4-2(1-7)3(5)6;3-1-2(4)5/h1-4,8,11H,5,10H2,(H,12,13);4H,1-3,7H2,(H,11,12)(H4,8,9,10);4-5H,3,7H2,1-2H3,(H,8,9);2,5H,1,4H2,(H,6,7);2,7H,1,4H2,(H,5,6);1,3H2,(H,4,5). The van der Waals surface area contributed by atoms with Crippen molar-refractivity contribution in [2.45, 2.75) is 69.7 Å². The Bertz CT molecular complexity index is 1190. The van der Waals surface area contributed by atoms with Crippen molar-refractivity contribution >= 4 is 54.4 Å². The summed E-state index contributed by atoms with van der Waals surface area (Å²) in [5, 5.41) is 65.7. The largest absolute Gasteiger partial charge is 0.508 e. The number of hydrogen-bond acceptors (Lipinski definition) is 16. The molecule has 0 saturated carbocycles. The number of aliphatic imine (C=N–C) groups is 1. The number of carboxylic acid groups (broad SMARTS) is 6. The Morgan fingerprint density at radius 1 is 0.736 bits per heavy atom. The summed E-state index contributed by atoms with van der Waals surface area (Å²) < 4.78 is 0. The molecule has 0 fully saturated rings. The molecule has 0 spiro atoms. The first-order valence-electron chi connectivity index (χ1n) is 15.2. The molecule has 0 heterocycles. The van der Waals surface area contributed by atoms with Crippen molar-refractivity contribution in [1.29, 1.82) is 0 Å². The van der Waals surface area contributed by atoms with Gasteiger partial charge in [-0.15, -0.1) is 0 Å². The van der Waals surface area contributed by atoms with Crippen LogP contribution in [-0.2, 0) is 35.2 Å². The van der Waals surface area contributed by atoms with Gasteiger partial charge < -0.3 is 86.7 Å². The minimum absolute atomic E-state index is 0.0129. The molecule has 1 rings (SSSR count). The molecule has 0 aromatic heterocycles. The van der Waals surface area contributed by atoms with Gasteiger partial charge in [-0.1, -0.05) is 32.4 Å². The zero-order valence-corrected chi connectivity index (χ0v) is 30.4. The van der Waals surface area contributed by atoms with E-state index in [0.717, 1.165) is 12.0 Å². The highest BCUT2D eigenvalue weighted by molar-refractivity contribution is 7.80. The molecule has 1 aromatic carbocycles. The fraction of sp³-hybridized carbons (Fsp3) is 0.552. The van der Waals surface area contributed by atoms with E-state index in [4.69, 9.17) is 81.0 Å². The third-order valence-electron chi connectivity index (χ3n) is 5.74. The van der Waals surface area contributed by atoms with E-state index in [1.807, 2.05) is 13.8 Å². The number of carboxylic acids is 6. The SMILES string of the molecule is CCC(C)C(N)C(=O)O.NC(CO)C(=O)O.NC(CS)C(=O)O.NC(Cc1ccc(O)cc1)C(=O)O.NC(N)=NCCCC(N)C(=O)O.NCC(=O)O. The summed E-state index contributed by atoms with van der Waals surface area (Å²) in [6.07, 6.45) is 2.04. The highest BCUT2D eigenvalue weighted by Gasteiger charge is 2.17. The monoisotopic (exact) mass is 787 g/mol. The number of phenols is 1. The molecule has 24 N–H and O–H groups in total. The van der Waals surface area contributed by atoms with Crippen molar-refractivity contribution in [2.24, 2.45) is 56.8 Å². The lowest BCUT2D eigenvalue weighted by Gasteiger charge is -2.11. The van der Waals surface area contributed by atoms with Gasteiger partial charge >= 0.3 is 35.8 Å². The van der Waals surface area contributed by atoms with Crippen molar-refractivity contribution in [3.8, 4) is 5.75 Å². The number of rotatable bonds is 16. The maximum absolute atomic E-state index is 10.4. The van der Waals surface area contributed by atoms with Crippen LogP contribution in [0.4, 0.5) is 0 Å². The van der Waals surface area contributed by atoms with Crippen molar-refractivity contribution < 1.29 is 69.6 Å². The Hall–Kier alpha value is -4.82. The average Bonchev–Trinajstić information content (AvgIpc) is 3.10. The van der Waals surface area contributed by atoms with Crippen molar-refractivity contribution in [1.82, 2.24) is 0 Å². The fourth-order valence-corrected chi connectivity index (χ4v) is 2.43. The number of aliphatic hydroxyl groups is 1. The molecule has 24 heteroatoms. The molecule has 23 nitrogen and oxygen atoms in total. The number of benzene rings is 1. The zero-order valence-electron chi connectivity index (χ0n) is 29.5. The van der Waals surface area contributed by atoms with E-state index in [1.165, 1.54) is 12.1 Å². The fourth-order valence-electron chi connectivity index (χ4n) is 2.27. The van der Waals surface area contributed by atoms with Gasteiger partial charge in [0, 0.05) is 12.3 Å². The van der Waals surface area contributed by atoms with Crippen LogP contribution in [0.2, 0.25) is 0 Å². The van der Waals surface area contributed by atoms with Crippen LogP contribution in [-0.4, -0.2) is 138 Å². The number of aliphatic carboxylic acids is 6. The Balaban J connectivity index is -0.000000179. The Morgan fingerprint density at radius 2 is 1.15 bits per heavy atom. The van der Waals surface area contributed by atoms with Crippen LogP contribution in [0.15, 0.2) is 29.3 Å². The molecular formula is C29H57N9O14S. The zero-order chi connectivity index (χ0) is 42.9. The number of thiol groups is 1. The van der Waals surface area contributed by atoms with E-state index in [-0.39, 0.29) is 36.3 Å². The minimum atomic E-state index is -1.18. The lowest BCUT2D eigenvalue weighted by molar-refractivity contribution is -0.140. The van der Waals surface area contributed by atoms with E-state index in [1.54, 1.807) is 12.1 Å². The highest BCUT2D eigenvalue weighted by atomic mass is 32.1. The number of phenolic OH excluding ortho intramolecular Hbond substituents is 1. The molecule has 0 aliphatic carbocycles. The summed E-state index contributed by atoms with van der Waals surface area (Å²) in [6, 6.07) is 1.96. The third-order valence-corrected chi connectivity index (χ3v) is 6.13. The van der Waals surface area contributed by atoms with Gasteiger partial charge in [-0.05, 0) is 42.9 Å². The predicted octanol–water partition coefficient (Wildman–Crippen LogP) is -4.01. The van der Waals surface area contributed by atoms with E-state index >= 15 is 0 Å². The quantitative estimate of drug-likeness (QED) is 0.0328. The number of aliphatic hydroxyl groups excluding tert-OH is 1. The van der Waals surface area contributed by atoms with E-state index in [9.17, 15) is 28.8 Å².